The zero-order valence-corrected chi connectivity index (χ0v) is 18.9. The van der Waals surface area contributed by atoms with E-state index in [0.29, 0.717) is 16.9 Å². The molecule has 170 valence electrons. The number of ketones is 1. The third-order valence-corrected chi connectivity index (χ3v) is 5.80. The average Bonchev–Trinajstić information content (AvgIpc) is 3.42. The first-order chi connectivity index (χ1) is 16.6. The molecule has 0 saturated heterocycles. The number of carbonyl (C=O) groups excluding carboxylic acids is 2. The number of fused-ring (bicyclic) bond motifs is 2. The van der Waals surface area contributed by atoms with Gasteiger partial charge in [-0.3, -0.25) is 4.79 Å². The Morgan fingerprint density at radius 1 is 0.971 bits per heavy atom. The minimum absolute atomic E-state index is 0.104. The van der Waals surface area contributed by atoms with Crippen molar-refractivity contribution in [3.05, 3.63) is 95.4 Å². The first kappa shape index (κ1) is 21.5. The lowest BCUT2D eigenvalue weighted by molar-refractivity contribution is 0.0703. The lowest BCUT2D eigenvalue weighted by atomic mass is 10.1. The van der Waals surface area contributed by atoms with Gasteiger partial charge in [0.1, 0.15) is 17.1 Å². The van der Waals surface area contributed by atoms with E-state index in [0.717, 1.165) is 29.7 Å². The number of esters is 1. The van der Waals surface area contributed by atoms with Crippen LogP contribution in [0.25, 0.3) is 17.0 Å². The molecule has 1 aromatic heterocycles. The molecule has 0 N–H and O–H groups in total. The topological polar surface area (TPSA) is 69.0 Å². The highest BCUT2D eigenvalue weighted by Gasteiger charge is 2.28. The van der Waals surface area contributed by atoms with Gasteiger partial charge in [-0.15, -0.1) is 0 Å². The second-order valence-corrected chi connectivity index (χ2v) is 7.90. The van der Waals surface area contributed by atoms with E-state index in [1.807, 2.05) is 42.5 Å². The van der Waals surface area contributed by atoms with Crippen molar-refractivity contribution in [2.24, 2.45) is 0 Å². The molecule has 0 atom stereocenters. The van der Waals surface area contributed by atoms with Gasteiger partial charge in [0.05, 0.1) is 5.56 Å². The van der Waals surface area contributed by atoms with Crippen molar-refractivity contribution < 1.29 is 23.5 Å². The van der Waals surface area contributed by atoms with Crippen LogP contribution in [0.15, 0.2) is 83.0 Å². The second kappa shape index (κ2) is 8.90. The molecule has 0 amide bonds. The Bertz CT molecular complexity index is 1380. The van der Waals surface area contributed by atoms with E-state index in [4.69, 9.17) is 13.9 Å². The maximum atomic E-state index is 12.8. The van der Waals surface area contributed by atoms with E-state index >= 15 is 0 Å². The van der Waals surface area contributed by atoms with Crippen molar-refractivity contribution in [3.63, 3.8) is 0 Å². The van der Waals surface area contributed by atoms with E-state index < -0.39 is 5.97 Å². The fraction of sp³-hybridized carbons (Fsp3) is 0.143. The molecule has 0 fully saturated rings. The third kappa shape index (κ3) is 4.06. The van der Waals surface area contributed by atoms with Crippen LogP contribution in [-0.4, -0.2) is 24.8 Å². The largest absolute Gasteiger partial charge is 0.452 e. The molecule has 0 spiro atoms. The zero-order valence-electron chi connectivity index (χ0n) is 18.9. The number of hydrogen-bond donors (Lipinski definition) is 0. The molecule has 0 bridgehead atoms. The first-order valence-corrected chi connectivity index (χ1v) is 11.2. The van der Waals surface area contributed by atoms with Crippen molar-refractivity contribution in [1.82, 2.24) is 0 Å². The summed E-state index contributed by atoms with van der Waals surface area (Å²) < 4.78 is 16.8. The standard InChI is InChI=1S/C28H23NO5/c1-3-29(4-2)20-11-9-18(10-12-20)15-25-27(30)22-14-13-21(17-24(22)34-25)32-28(31)26-16-19-7-5-6-8-23(19)33-26/h5-17H,3-4H2,1-2H3/b25-15-. The number of furan rings is 1. The number of allylic oxidation sites excluding steroid dienone is 1. The summed E-state index contributed by atoms with van der Waals surface area (Å²) in [5.41, 5.74) is 3.03. The Balaban J connectivity index is 1.32. The van der Waals surface area contributed by atoms with E-state index in [2.05, 4.69) is 18.7 Å². The van der Waals surface area contributed by atoms with Crippen LogP contribution >= 0.6 is 0 Å². The summed E-state index contributed by atoms with van der Waals surface area (Å²) in [5.74, 6) is 0.119. The average molecular weight is 453 g/mol. The van der Waals surface area contributed by atoms with Crippen LogP contribution in [0.5, 0.6) is 11.5 Å². The van der Waals surface area contributed by atoms with Gasteiger partial charge in [-0.25, -0.2) is 4.79 Å². The van der Waals surface area contributed by atoms with Gasteiger partial charge in [-0.1, -0.05) is 30.3 Å². The number of para-hydroxylation sites is 1. The van der Waals surface area contributed by atoms with Crippen LogP contribution < -0.4 is 14.4 Å². The fourth-order valence-electron chi connectivity index (χ4n) is 3.99. The normalized spacial score (nSPS) is 13.7. The van der Waals surface area contributed by atoms with Crippen LogP contribution in [0.2, 0.25) is 0 Å². The van der Waals surface area contributed by atoms with E-state index in [1.165, 1.54) is 6.07 Å². The van der Waals surface area contributed by atoms with Gasteiger partial charge in [-0.2, -0.15) is 0 Å². The van der Waals surface area contributed by atoms with Crippen molar-refractivity contribution in [3.8, 4) is 11.5 Å². The van der Waals surface area contributed by atoms with Crippen LogP contribution in [0.3, 0.4) is 0 Å². The van der Waals surface area contributed by atoms with E-state index in [9.17, 15) is 9.59 Å². The molecule has 0 saturated carbocycles. The summed E-state index contributed by atoms with van der Waals surface area (Å²) in [6, 6.07) is 21.7. The molecule has 34 heavy (non-hydrogen) atoms. The van der Waals surface area contributed by atoms with Crippen molar-refractivity contribution in [1.29, 1.82) is 0 Å². The molecule has 6 heteroatoms. The Hall–Kier alpha value is -4.32. The minimum atomic E-state index is -0.621. The van der Waals surface area contributed by atoms with Gasteiger partial charge in [0.25, 0.3) is 0 Å². The van der Waals surface area contributed by atoms with Crippen molar-refractivity contribution in [2.45, 2.75) is 13.8 Å². The second-order valence-electron chi connectivity index (χ2n) is 7.90. The quantitative estimate of drug-likeness (QED) is 0.199. The van der Waals surface area contributed by atoms with Gasteiger partial charge >= 0.3 is 5.97 Å². The number of rotatable bonds is 6. The predicted molar refractivity (Wildman–Crippen MR) is 131 cm³/mol. The minimum Gasteiger partial charge on any atom is -0.452 e. The Morgan fingerprint density at radius 2 is 1.74 bits per heavy atom. The summed E-state index contributed by atoms with van der Waals surface area (Å²) in [6.07, 6.45) is 1.72. The van der Waals surface area contributed by atoms with Crippen molar-refractivity contribution in [2.75, 3.05) is 18.0 Å². The van der Waals surface area contributed by atoms with Gasteiger partial charge in [-0.05, 0) is 61.9 Å². The van der Waals surface area contributed by atoms with Crippen LogP contribution in [-0.2, 0) is 0 Å². The smallest absolute Gasteiger partial charge is 0.379 e. The summed E-state index contributed by atoms with van der Waals surface area (Å²) in [5, 5.41) is 0.817. The van der Waals surface area contributed by atoms with Crippen LogP contribution in [0.4, 0.5) is 5.69 Å². The molecule has 1 aliphatic heterocycles. The predicted octanol–water partition coefficient (Wildman–Crippen LogP) is 6.11. The van der Waals surface area contributed by atoms with Gasteiger partial charge in [0.15, 0.2) is 5.76 Å². The highest BCUT2D eigenvalue weighted by molar-refractivity contribution is 6.14. The molecular formula is C28H23NO5. The molecule has 4 aromatic rings. The number of nitrogens with zero attached hydrogens (tertiary/aromatic N) is 1. The van der Waals surface area contributed by atoms with E-state index in [1.54, 1.807) is 30.3 Å². The molecule has 1 aliphatic rings. The zero-order chi connectivity index (χ0) is 23.7. The fourth-order valence-corrected chi connectivity index (χ4v) is 3.99. The number of ether oxygens (including phenoxy) is 2. The number of carbonyl (C=O) groups is 2. The monoisotopic (exact) mass is 453 g/mol. The van der Waals surface area contributed by atoms with Gasteiger partial charge in [0.2, 0.25) is 11.5 Å². The molecule has 3 aromatic carbocycles. The molecule has 5 rings (SSSR count). The Morgan fingerprint density at radius 3 is 2.47 bits per heavy atom. The highest BCUT2D eigenvalue weighted by atomic mass is 16.5. The highest BCUT2D eigenvalue weighted by Crippen LogP contribution is 2.35. The molecule has 0 aliphatic carbocycles. The summed E-state index contributed by atoms with van der Waals surface area (Å²) >= 11 is 0. The lowest BCUT2D eigenvalue weighted by Crippen LogP contribution is -2.21. The molecule has 6 nitrogen and oxygen atoms in total. The van der Waals surface area contributed by atoms with Gasteiger partial charge in [0, 0.05) is 30.2 Å². The maximum Gasteiger partial charge on any atom is 0.379 e. The number of benzene rings is 3. The molecule has 2 heterocycles. The van der Waals surface area contributed by atoms with Crippen LogP contribution in [0, 0.1) is 0 Å². The third-order valence-electron chi connectivity index (χ3n) is 5.80. The summed E-state index contributed by atoms with van der Waals surface area (Å²) in [7, 11) is 0. The number of Topliss-reactive ketones (excluding diaryl/α,β-unsaturated/α-hetero) is 1. The summed E-state index contributed by atoms with van der Waals surface area (Å²) in [6.45, 7) is 6.09. The molecule has 0 radical (unpaired) electrons. The van der Waals surface area contributed by atoms with Crippen LogP contribution in [0.1, 0.15) is 40.3 Å². The molecular weight excluding hydrogens is 430 g/mol. The molecule has 0 unspecified atom stereocenters. The first-order valence-electron chi connectivity index (χ1n) is 11.2. The Labute approximate surface area is 197 Å². The SMILES string of the molecule is CCN(CC)c1ccc(/C=C2\Oc3cc(OC(=O)c4cc5ccccc5o4)ccc3C2=O)cc1. The maximum absolute atomic E-state index is 12.8. The Kier molecular flexibility index (Phi) is 5.64. The number of hydrogen-bond acceptors (Lipinski definition) is 6. The van der Waals surface area contributed by atoms with Gasteiger partial charge < -0.3 is 18.8 Å². The number of anilines is 1. The van der Waals surface area contributed by atoms with E-state index in [-0.39, 0.29) is 23.1 Å². The lowest BCUT2D eigenvalue weighted by Gasteiger charge is -2.20. The van der Waals surface area contributed by atoms with Crippen molar-refractivity contribution >= 4 is 34.5 Å². The summed E-state index contributed by atoms with van der Waals surface area (Å²) in [4.78, 5) is 27.6.